The fourth-order valence-electron chi connectivity index (χ4n) is 2.08. The summed E-state index contributed by atoms with van der Waals surface area (Å²) in [5, 5.41) is 4.69. The van der Waals surface area contributed by atoms with Gasteiger partial charge in [-0.25, -0.2) is 0 Å². The lowest BCUT2D eigenvalue weighted by Gasteiger charge is -2.05. The smallest absolute Gasteiger partial charge is 0.0320 e. The van der Waals surface area contributed by atoms with Gasteiger partial charge in [0.1, 0.15) is 0 Å². The van der Waals surface area contributed by atoms with E-state index >= 15 is 0 Å². The van der Waals surface area contributed by atoms with Gasteiger partial charge in [0.05, 0.1) is 0 Å². The summed E-state index contributed by atoms with van der Waals surface area (Å²) in [5.41, 5.74) is 13.2. The summed E-state index contributed by atoms with van der Waals surface area (Å²) in [6.45, 7) is 0. The van der Waals surface area contributed by atoms with Crippen LogP contribution in [0.15, 0.2) is 48.5 Å². The Morgan fingerprint density at radius 1 is 0.562 bits per heavy atom. The highest BCUT2D eigenvalue weighted by Crippen LogP contribution is 2.28. The zero-order valence-electron chi connectivity index (χ0n) is 8.77. The van der Waals surface area contributed by atoms with Gasteiger partial charge in [-0.2, -0.15) is 0 Å². The standard InChI is InChI=1S/C14H12N2/c15-11-5-3-9-1-2-10-4-6-12(16)8-14(10)13(9)7-11/h1-8H,15-16H2. The van der Waals surface area contributed by atoms with Gasteiger partial charge < -0.3 is 11.5 Å². The Bertz CT molecular complexity index is 626. The van der Waals surface area contributed by atoms with Crippen LogP contribution < -0.4 is 11.5 Å². The number of hydrogen-bond acceptors (Lipinski definition) is 2. The van der Waals surface area contributed by atoms with Gasteiger partial charge in [0.25, 0.3) is 0 Å². The Kier molecular flexibility index (Phi) is 1.77. The number of rotatable bonds is 0. The van der Waals surface area contributed by atoms with E-state index < -0.39 is 0 Å². The van der Waals surface area contributed by atoms with E-state index in [0.717, 1.165) is 22.1 Å². The van der Waals surface area contributed by atoms with Crippen LogP contribution in [0, 0.1) is 0 Å². The van der Waals surface area contributed by atoms with Gasteiger partial charge in [0, 0.05) is 11.4 Å². The molecule has 3 aromatic carbocycles. The Morgan fingerprint density at radius 2 is 0.938 bits per heavy atom. The molecule has 0 saturated heterocycles. The first kappa shape index (κ1) is 9.04. The summed E-state index contributed by atoms with van der Waals surface area (Å²) < 4.78 is 0. The molecule has 0 unspecified atom stereocenters. The first-order valence-electron chi connectivity index (χ1n) is 5.21. The van der Waals surface area contributed by atoms with Crippen molar-refractivity contribution >= 4 is 32.9 Å². The summed E-state index contributed by atoms with van der Waals surface area (Å²) in [4.78, 5) is 0. The molecule has 0 saturated carbocycles. The lowest BCUT2D eigenvalue weighted by atomic mass is 10.0. The second-order valence-electron chi connectivity index (χ2n) is 4.03. The van der Waals surface area contributed by atoms with E-state index in [1.165, 1.54) is 10.8 Å². The van der Waals surface area contributed by atoms with Gasteiger partial charge in [-0.3, -0.25) is 0 Å². The number of fused-ring (bicyclic) bond motifs is 3. The Balaban J connectivity index is 2.55. The van der Waals surface area contributed by atoms with Gasteiger partial charge in [-0.05, 0) is 45.8 Å². The highest BCUT2D eigenvalue weighted by molar-refractivity contribution is 6.09. The topological polar surface area (TPSA) is 52.0 Å². The van der Waals surface area contributed by atoms with Crippen LogP contribution in [0.5, 0.6) is 0 Å². The van der Waals surface area contributed by atoms with E-state index in [0.29, 0.717) is 0 Å². The number of hydrogen-bond donors (Lipinski definition) is 2. The van der Waals surface area contributed by atoms with Crippen LogP contribution in [0.2, 0.25) is 0 Å². The predicted molar refractivity (Wildman–Crippen MR) is 70.3 cm³/mol. The summed E-state index contributed by atoms with van der Waals surface area (Å²) >= 11 is 0. The minimum atomic E-state index is 0.780. The molecule has 16 heavy (non-hydrogen) atoms. The molecule has 3 aromatic rings. The molecule has 2 nitrogen and oxygen atoms in total. The molecule has 3 rings (SSSR count). The van der Waals surface area contributed by atoms with E-state index in [1.807, 2.05) is 36.4 Å². The zero-order valence-corrected chi connectivity index (χ0v) is 8.77. The van der Waals surface area contributed by atoms with Crippen LogP contribution in [0.1, 0.15) is 0 Å². The van der Waals surface area contributed by atoms with E-state index in [2.05, 4.69) is 12.1 Å². The zero-order chi connectivity index (χ0) is 11.1. The van der Waals surface area contributed by atoms with Crippen molar-refractivity contribution in [1.82, 2.24) is 0 Å². The molecular weight excluding hydrogens is 196 g/mol. The third-order valence-electron chi connectivity index (χ3n) is 2.89. The molecule has 0 bridgehead atoms. The minimum Gasteiger partial charge on any atom is -0.399 e. The van der Waals surface area contributed by atoms with Crippen LogP contribution in [0.3, 0.4) is 0 Å². The maximum absolute atomic E-state index is 5.82. The van der Waals surface area contributed by atoms with Crippen molar-refractivity contribution in [3.8, 4) is 0 Å². The van der Waals surface area contributed by atoms with E-state index in [9.17, 15) is 0 Å². The molecule has 0 spiro atoms. The van der Waals surface area contributed by atoms with Crippen molar-refractivity contribution in [2.45, 2.75) is 0 Å². The quantitative estimate of drug-likeness (QED) is 0.440. The Hall–Kier alpha value is -2.22. The molecule has 0 aromatic heterocycles. The number of nitrogen functional groups attached to an aromatic ring is 2. The third kappa shape index (κ3) is 1.27. The van der Waals surface area contributed by atoms with E-state index in [4.69, 9.17) is 11.5 Å². The molecule has 0 aliphatic rings. The number of nitrogens with two attached hydrogens (primary N) is 2. The molecule has 4 N–H and O–H groups in total. The summed E-state index contributed by atoms with van der Waals surface area (Å²) in [5.74, 6) is 0. The summed E-state index contributed by atoms with van der Waals surface area (Å²) in [6, 6.07) is 16.1. The molecule has 0 radical (unpaired) electrons. The monoisotopic (exact) mass is 208 g/mol. The minimum absolute atomic E-state index is 0.780. The van der Waals surface area contributed by atoms with Crippen molar-refractivity contribution in [3.63, 3.8) is 0 Å². The molecule has 0 aliphatic heterocycles. The molecule has 0 atom stereocenters. The van der Waals surface area contributed by atoms with Gasteiger partial charge in [0.2, 0.25) is 0 Å². The van der Waals surface area contributed by atoms with Gasteiger partial charge in [0.15, 0.2) is 0 Å². The lowest BCUT2D eigenvalue weighted by molar-refractivity contribution is 1.73. The number of anilines is 2. The van der Waals surface area contributed by atoms with E-state index in [-0.39, 0.29) is 0 Å². The van der Waals surface area contributed by atoms with E-state index in [1.54, 1.807) is 0 Å². The van der Waals surface area contributed by atoms with Crippen LogP contribution >= 0.6 is 0 Å². The first-order valence-corrected chi connectivity index (χ1v) is 5.21. The Labute approximate surface area is 93.5 Å². The molecule has 0 heterocycles. The molecule has 2 heteroatoms. The first-order chi connectivity index (χ1) is 7.74. The van der Waals surface area contributed by atoms with Crippen molar-refractivity contribution in [3.05, 3.63) is 48.5 Å². The highest BCUT2D eigenvalue weighted by Gasteiger charge is 2.01. The van der Waals surface area contributed by atoms with Crippen LogP contribution in [-0.4, -0.2) is 0 Å². The van der Waals surface area contributed by atoms with Crippen molar-refractivity contribution in [1.29, 1.82) is 0 Å². The normalized spacial score (nSPS) is 11.0. The largest absolute Gasteiger partial charge is 0.399 e. The number of benzene rings is 3. The van der Waals surface area contributed by atoms with Crippen LogP contribution in [0.4, 0.5) is 11.4 Å². The second kappa shape index (κ2) is 3.14. The summed E-state index contributed by atoms with van der Waals surface area (Å²) in [6.07, 6.45) is 0. The van der Waals surface area contributed by atoms with Crippen molar-refractivity contribution < 1.29 is 0 Å². The molecular formula is C14H12N2. The summed E-state index contributed by atoms with van der Waals surface area (Å²) in [7, 11) is 0. The van der Waals surface area contributed by atoms with Gasteiger partial charge >= 0.3 is 0 Å². The van der Waals surface area contributed by atoms with Crippen molar-refractivity contribution in [2.24, 2.45) is 0 Å². The third-order valence-corrected chi connectivity index (χ3v) is 2.89. The van der Waals surface area contributed by atoms with Crippen molar-refractivity contribution in [2.75, 3.05) is 11.5 Å². The Morgan fingerprint density at radius 3 is 1.38 bits per heavy atom. The average Bonchev–Trinajstić information content (AvgIpc) is 2.29. The maximum Gasteiger partial charge on any atom is 0.0320 e. The van der Waals surface area contributed by atoms with Crippen LogP contribution in [-0.2, 0) is 0 Å². The van der Waals surface area contributed by atoms with Gasteiger partial charge in [-0.1, -0.05) is 24.3 Å². The SMILES string of the molecule is Nc1ccc2ccc3ccc(N)cc3c2c1. The average molecular weight is 208 g/mol. The molecule has 0 amide bonds. The fourth-order valence-corrected chi connectivity index (χ4v) is 2.08. The predicted octanol–water partition coefficient (Wildman–Crippen LogP) is 3.16. The fraction of sp³-hybridized carbons (Fsp3) is 0. The molecule has 78 valence electrons. The second-order valence-corrected chi connectivity index (χ2v) is 4.03. The highest BCUT2D eigenvalue weighted by atomic mass is 14.5. The lowest BCUT2D eigenvalue weighted by Crippen LogP contribution is -1.87. The maximum atomic E-state index is 5.82. The molecule has 0 fully saturated rings. The van der Waals surface area contributed by atoms with Crippen LogP contribution in [0.25, 0.3) is 21.5 Å². The molecule has 0 aliphatic carbocycles. The van der Waals surface area contributed by atoms with Gasteiger partial charge in [-0.15, -0.1) is 0 Å².